The number of anilines is 1. The maximum absolute atomic E-state index is 13.6. The monoisotopic (exact) mass is 282 g/mol. The van der Waals surface area contributed by atoms with Crippen molar-refractivity contribution in [3.63, 3.8) is 0 Å². The van der Waals surface area contributed by atoms with E-state index in [1.807, 2.05) is 6.92 Å². The van der Waals surface area contributed by atoms with Crippen LogP contribution in [0.25, 0.3) is 0 Å². The van der Waals surface area contributed by atoms with Gasteiger partial charge in [-0.05, 0) is 25.5 Å². The van der Waals surface area contributed by atoms with Crippen LogP contribution in [-0.4, -0.2) is 23.6 Å². The minimum absolute atomic E-state index is 0.0674. The molecule has 19 heavy (non-hydrogen) atoms. The molecule has 3 N–H and O–H groups in total. The van der Waals surface area contributed by atoms with E-state index < -0.39 is 5.82 Å². The SMILES string of the molecule is CC1CC(C(=O)Nc2cccc(F)c2C(N)=S)CO1. The van der Waals surface area contributed by atoms with E-state index in [1.54, 1.807) is 6.07 Å². The predicted octanol–water partition coefficient (Wildman–Crippen LogP) is 1.82. The van der Waals surface area contributed by atoms with E-state index in [1.165, 1.54) is 12.1 Å². The van der Waals surface area contributed by atoms with E-state index in [0.29, 0.717) is 18.7 Å². The summed E-state index contributed by atoms with van der Waals surface area (Å²) >= 11 is 4.81. The second kappa shape index (κ2) is 5.63. The summed E-state index contributed by atoms with van der Waals surface area (Å²) in [6.45, 7) is 2.29. The van der Waals surface area contributed by atoms with Crippen LogP contribution in [-0.2, 0) is 9.53 Å². The van der Waals surface area contributed by atoms with Gasteiger partial charge in [-0.1, -0.05) is 18.3 Å². The quantitative estimate of drug-likeness (QED) is 0.830. The number of nitrogens with one attached hydrogen (secondary N) is 1. The standard InChI is InChI=1S/C13H15FN2O2S/c1-7-5-8(6-18-7)13(17)16-10-4-2-3-9(14)11(10)12(15)19/h2-4,7-8H,5-6H2,1H3,(H2,15,19)(H,16,17). The topological polar surface area (TPSA) is 64.4 Å². The zero-order chi connectivity index (χ0) is 14.0. The molecule has 0 aliphatic carbocycles. The maximum atomic E-state index is 13.6. The average Bonchev–Trinajstić information content (AvgIpc) is 2.75. The molecule has 6 heteroatoms. The average molecular weight is 282 g/mol. The minimum atomic E-state index is -0.540. The first-order valence-corrected chi connectivity index (χ1v) is 6.40. The Labute approximate surface area is 116 Å². The number of hydrogen-bond acceptors (Lipinski definition) is 3. The Hall–Kier alpha value is -1.53. The summed E-state index contributed by atoms with van der Waals surface area (Å²) in [5.41, 5.74) is 5.85. The molecule has 1 aliphatic rings. The van der Waals surface area contributed by atoms with Crippen molar-refractivity contribution in [1.29, 1.82) is 0 Å². The van der Waals surface area contributed by atoms with E-state index in [9.17, 15) is 9.18 Å². The zero-order valence-corrected chi connectivity index (χ0v) is 11.3. The summed E-state index contributed by atoms with van der Waals surface area (Å²) in [4.78, 5) is 12.0. The molecule has 0 bridgehead atoms. The van der Waals surface area contributed by atoms with Crippen molar-refractivity contribution in [2.45, 2.75) is 19.4 Å². The summed E-state index contributed by atoms with van der Waals surface area (Å²) in [5.74, 6) is -0.966. The number of hydrogen-bond donors (Lipinski definition) is 2. The Kier molecular flexibility index (Phi) is 4.11. The number of benzene rings is 1. The van der Waals surface area contributed by atoms with Crippen LogP contribution in [0, 0.1) is 11.7 Å². The van der Waals surface area contributed by atoms with Crippen LogP contribution < -0.4 is 11.1 Å². The smallest absolute Gasteiger partial charge is 0.229 e. The number of halogens is 1. The summed E-state index contributed by atoms with van der Waals surface area (Å²) in [5, 5.41) is 2.67. The van der Waals surface area contributed by atoms with Crippen LogP contribution >= 0.6 is 12.2 Å². The molecule has 1 heterocycles. The molecular formula is C13H15FN2O2S. The van der Waals surface area contributed by atoms with Crippen LogP contribution in [0.1, 0.15) is 18.9 Å². The molecule has 2 unspecified atom stereocenters. The number of carbonyl (C=O) groups excluding carboxylic acids is 1. The highest BCUT2D eigenvalue weighted by Gasteiger charge is 2.28. The third kappa shape index (κ3) is 3.08. The molecule has 0 radical (unpaired) electrons. The van der Waals surface area contributed by atoms with Crippen molar-refractivity contribution in [2.24, 2.45) is 11.7 Å². The Morgan fingerprint density at radius 3 is 2.89 bits per heavy atom. The van der Waals surface area contributed by atoms with E-state index >= 15 is 0 Å². The van der Waals surface area contributed by atoms with Crippen molar-refractivity contribution in [3.05, 3.63) is 29.6 Å². The molecule has 0 spiro atoms. The highest BCUT2D eigenvalue weighted by atomic mass is 32.1. The number of nitrogens with two attached hydrogens (primary N) is 1. The van der Waals surface area contributed by atoms with Gasteiger partial charge < -0.3 is 15.8 Å². The van der Waals surface area contributed by atoms with Crippen LogP contribution in [0.2, 0.25) is 0 Å². The van der Waals surface area contributed by atoms with Gasteiger partial charge >= 0.3 is 0 Å². The van der Waals surface area contributed by atoms with Gasteiger partial charge in [-0.3, -0.25) is 4.79 Å². The van der Waals surface area contributed by atoms with Crippen molar-refractivity contribution >= 4 is 28.8 Å². The van der Waals surface area contributed by atoms with Crippen LogP contribution in [0.15, 0.2) is 18.2 Å². The molecule has 0 saturated carbocycles. The van der Waals surface area contributed by atoms with Gasteiger partial charge in [0.2, 0.25) is 5.91 Å². The van der Waals surface area contributed by atoms with Gasteiger partial charge in [0.1, 0.15) is 10.8 Å². The fraction of sp³-hybridized carbons (Fsp3) is 0.385. The van der Waals surface area contributed by atoms with Gasteiger partial charge in [-0.25, -0.2) is 4.39 Å². The first-order chi connectivity index (χ1) is 8.99. The molecule has 102 valence electrons. The van der Waals surface area contributed by atoms with E-state index in [4.69, 9.17) is 22.7 Å². The number of rotatable bonds is 3. The van der Waals surface area contributed by atoms with Gasteiger partial charge in [0.15, 0.2) is 0 Å². The normalized spacial score (nSPS) is 22.2. The first-order valence-electron chi connectivity index (χ1n) is 6.00. The van der Waals surface area contributed by atoms with E-state index in [0.717, 1.165) is 0 Å². The highest BCUT2D eigenvalue weighted by Crippen LogP contribution is 2.23. The summed E-state index contributed by atoms with van der Waals surface area (Å²) < 4.78 is 19.0. The Morgan fingerprint density at radius 2 is 2.32 bits per heavy atom. The highest BCUT2D eigenvalue weighted by molar-refractivity contribution is 7.80. The van der Waals surface area contributed by atoms with Crippen molar-refractivity contribution in [1.82, 2.24) is 0 Å². The van der Waals surface area contributed by atoms with Crippen LogP contribution in [0.3, 0.4) is 0 Å². The van der Waals surface area contributed by atoms with Gasteiger partial charge in [-0.2, -0.15) is 0 Å². The summed E-state index contributed by atoms with van der Waals surface area (Å²) in [6.07, 6.45) is 0.724. The molecule has 0 aromatic heterocycles. The van der Waals surface area contributed by atoms with Crippen LogP contribution in [0.5, 0.6) is 0 Å². The first kappa shape index (κ1) is 13.9. The Morgan fingerprint density at radius 1 is 1.58 bits per heavy atom. The minimum Gasteiger partial charge on any atom is -0.389 e. The predicted molar refractivity (Wildman–Crippen MR) is 74.4 cm³/mol. The third-order valence-electron chi connectivity index (χ3n) is 3.09. The second-order valence-electron chi connectivity index (χ2n) is 4.59. The third-order valence-corrected chi connectivity index (χ3v) is 3.29. The lowest BCUT2D eigenvalue weighted by Crippen LogP contribution is -2.25. The molecule has 1 saturated heterocycles. The van der Waals surface area contributed by atoms with Gasteiger partial charge in [-0.15, -0.1) is 0 Å². The van der Waals surface area contributed by atoms with Crippen LogP contribution in [0.4, 0.5) is 10.1 Å². The number of carbonyl (C=O) groups is 1. The molecular weight excluding hydrogens is 267 g/mol. The van der Waals surface area contributed by atoms with E-state index in [2.05, 4.69) is 5.32 Å². The van der Waals surface area contributed by atoms with Gasteiger partial charge in [0, 0.05) is 0 Å². The number of ether oxygens (including phenoxy) is 1. The maximum Gasteiger partial charge on any atom is 0.229 e. The fourth-order valence-corrected chi connectivity index (χ4v) is 2.32. The molecule has 1 fully saturated rings. The molecule has 1 aliphatic heterocycles. The molecule has 1 amide bonds. The second-order valence-corrected chi connectivity index (χ2v) is 5.03. The lowest BCUT2D eigenvalue weighted by Gasteiger charge is -2.13. The zero-order valence-electron chi connectivity index (χ0n) is 10.5. The number of amides is 1. The molecule has 2 rings (SSSR count). The Balaban J connectivity index is 2.17. The number of thiocarbonyl (C=S) groups is 1. The van der Waals surface area contributed by atoms with E-state index in [-0.39, 0.29) is 28.5 Å². The van der Waals surface area contributed by atoms with Crippen molar-refractivity contribution < 1.29 is 13.9 Å². The molecule has 4 nitrogen and oxygen atoms in total. The lowest BCUT2D eigenvalue weighted by molar-refractivity contribution is -0.119. The fourth-order valence-electron chi connectivity index (χ4n) is 2.11. The largest absolute Gasteiger partial charge is 0.389 e. The molecule has 1 aromatic carbocycles. The lowest BCUT2D eigenvalue weighted by atomic mass is 10.0. The van der Waals surface area contributed by atoms with Crippen molar-refractivity contribution in [3.8, 4) is 0 Å². The van der Waals surface area contributed by atoms with Gasteiger partial charge in [0.25, 0.3) is 0 Å². The summed E-state index contributed by atoms with van der Waals surface area (Å²) in [7, 11) is 0. The summed E-state index contributed by atoms with van der Waals surface area (Å²) in [6, 6.07) is 4.33. The van der Waals surface area contributed by atoms with Crippen molar-refractivity contribution in [2.75, 3.05) is 11.9 Å². The Bertz CT molecular complexity index is 521. The van der Waals surface area contributed by atoms with Gasteiger partial charge in [0.05, 0.1) is 29.9 Å². The molecule has 1 aromatic rings. The molecule has 2 atom stereocenters.